The molecule has 0 unspecified atom stereocenters. The highest BCUT2D eigenvalue weighted by molar-refractivity contribution is 5.83. The molecular weight excluding hydrogens is 352 g/mol. The second-order valence-electron chi connectivity index (χ2n) is 6.48. The first-order valence-corrected chi connectivity index (χ1v) is 9.04. The van der Waals surface area contributed by atoms with Crippen molar-refractivity contribution in [2.24, 2.45) is 0 Å². The van der Waals surface area contributed by atoms with Crippen molar-refractivity contribution < 1.29 is 9.47 Å². The van der Waals surface area contributed by atoms with Gasteiger partial charge in [-0.25, -0.2) is 5.10 Å². The zero-order valence-electron chi connectivity index (χ0n) is 15.5. The Labute approximate surface area is 162 Å². The number of H-pyrrole nitrogens is 1. The second-order valence-corrected chi connectivity index (χ2v) is 6.48. The molecule has 0 aliphatic carbocycles. The quantitative estimate of drug-likeness (QED) is 0.553. The summed E-state index contributed by atoms with van der Waals surface area (Å²) < 4.78 is 11.4. The molecular formula is C23H20N2O3. The number of ether oxygens (including phenoxy) is 2. The summed E-state index contributed by atoms with van der Waals surface area (Å²) in [5, 5.41) is 8.32. The van der Waals surface area contributed by atoms with Gasteiger partial charge in [0, 0.05) is 11.8 Å². The minimum atomic E-state index is -0.179. The summed E-state index contributed by atoms with van der Waals surface area (Å²) in [6.07, 6.45) is 0.576. The first-order valence-electron chi connectivity index (χ1n) is 9.04. The molecule has 0 aliphatic rings. The van der Waals surface area contributed by atoms with Crippen LogP contribution >= 0.6 is 0 Å². The number of rotatable bonds is 6. The van der Waals surface area contributed by atoms with Gasteiger partial charge in [0.05, 0.1) is 18.2 Å². The molecule has 0 spiro atoms. The maximum atomic E-state index is 12.0. The van der Waals surface area contributed by atoms with Crippen LogP contribution in [0, 0.1) is 0 Å². The lowest BCUT2D eigenvalue weighted by Gasteiger charge is -2.13. The van der Waals surface area contributed by atoms with E-state index in [1.54, 1.807) is 13.2 Å². The van der Waals surface area contributed by atoms with E-state index in [2.05, 4.69) is 10.2 Å². The van der Waals surface area contributed by atoms with Gasteiger partial charge in [-0.1, -0.05) is 54.6 Å². The summed E-state index contributed by atoms with van der Waals surface area (Å²) in [5.74, 6) is 1.36. The van der Waals surface area contributed by atoms with Crippen LogP contribution in [0.5, 0.6) is 11.5 Å². The zero-order chi connectivity index (χ0) is 19.3. The molecule has 1 N–H and O–H groups in total. The number of nitrogens with zero attached hydrogens (tertiary/aromatic N) is 1. The lowest BCUT2D eigenvalue weighted by atomic mass is 10.0. The molecule has 1 heterocycles. The maximum absolute atomic E-state index is 12.0. The van der Waals surface area contributed by atoms with E-state index in [1.165, 1.54) is 0 Å². The van der Waals surface area contributed by atoms with Gasteiger partial charge in [0.2, 0.25) is 0 Å². The largest absolute Gasteiger partial charge is 0.493 e. The molecule has 3 aromatic carbocycles. The number of nitrogens with one attached hydrogen (secondary N) is 1. The minimum Gasteiger partial charge on any atom is -0.493 e. The molecule has 0 amide bonds. The molecule has 0 saturated heterocycles. The summed E-state index contributed by atoms with van der Waals surface area (Å²) in [5.41, 5.74) is 2.75. The van der Waals surface area contributed by atoms with Crippen molar-refractivity contribution in [3.8, 4) is 11.5 Å². The molecule has 0 radical (unpaired) electrons. The van der Waals surface area contributed by atoms with Gasteiger partial charge in [0.1, 0.15) is 6.61 Å². The van der Waals surface area contributed by atoms with E-state index in [0.29, 0.717) is 29.9 Å². The van der Waals surface area contributed by atoms with Gasteiger partial charge in [0.15, 0.2) is 11.5 Å². The average molecular weight is 372 g/mol. The van der Waals surface area contributed by atoms with Crippen molar-refractivity contribution in [2.75, 3.05) is 7.11 Å². The van der Waals surface area contributed by atoms with Gasteiger partial charge in [0.25, 0.3) is 5.56 Å². The van der Waals surface area contributed by atoms with E-state index in [-0.39, 0.29) is 5.56 Å². The third-order valence-corrected chi connectivity index (χ3v) is 4.61. The third-order valence-electron chi connectivity index (χ3n) is 4.61. The van der Waals surface area contributed by atoms with Crippen molar-refractivity contribution in [1.82, 2.24) is 10.2 Å². The molecule has 0 aliphatic heterocycles. The Bertz CT molecular complexity index is 1150. The lowest BCUT2D eigenvalue weighted by Crippen LogP contribution is -2.11. The summed E-state index contributed by atoms with van der Waals surface area (Å²) in [4.78, 5) is 12.0. The van der Waals surface area contributed by atoms with Crippen LogP contribution in [0.4, 0.5) is 0 Å². The van der Waals surface area contributed by atoms with Gasteiger partial charge >= 0.3 is 0 Å². The molecule has 28 heavy (non-hydrogen) atoms. The minimum absolute atomic E-state index is 0.179. The van der Waals surface area contributed by atoms with Gasteiger partial charge in [-0.15, -0.1) is 0 Å². The van der Waals surface area contributed by atoms with Crippen molar-refractivity contribution in [3.63, 3.8) is 0 Å². The first-order chi connectivity index (χ1) is 13.7. The molecule has 1 aromatic heterocycles. The van der Waals surface area contributed by atoms with Gasteiger partial charge in [-0.05, 0) is 29.3 Å². The molecule has 0 bridgehead atoms. The summed E-state index contributed by atoms with van der Waals surface area (Å²) in [7, 11) is 1.63. The number of hydrogen-bond acceptors (Lipinski definition) is 4. The van der Waals surface area contributed by atoms with Gasteiger partial charge < -0.3 is 9.47 Å². The van der Waals surface area contributed by atoms with Crippen LogP contribution < -0.4 is 15.0 Å². The third kappa shape index (κ3) is 3.74. The summed E-state index contributed by atoms with van der Waals surface area (Å²) in [6.45, 7) is 0.475. The summed E-state index contributed by atoms with van der Waals surface area (Å²) in [6, 6.07) is 23.3. The number of benzene rings is 3. The Morgan fingerprint density at radius 1 is 0.857 bits per heavy atom. The first kappa shape index (κ1) is 17.8. The Kier molecular flexibility index (Phi) is 5.06. The highest BCUT2D eigenvalue weighted by atomic mass is 16.5. The maximum Gasteiger partial charge on any atom is 0.272 e. The second kappa shape index (κ2) is 7.96. The fraction of sp³-hybridized carbons (Fsp3) is 0.130. The number of methoxy groups -OCH3 is 1. The SMILES string of the molecule is COc1cc(Cc2n[nH]c(=O)c3ccccc23)ccc1OCc1ccccc1. The van der Waals surface area contributed by atoms with Crippen LogP contribution in [0.1, 0.15) is 16.8 Å². The van der Waals surface area contributed by atoms with Crippen LogP contribution in [0.2, 0.25) is 0 Å². The Morgan fingerprint density at radius 2 is 1.61 bits per heavy atom. The van der Waals surface area contributed by atoms with Crippen LogP contribution in [-0.2, 0) is 13.0 Å². The molecule has 4 aromatic rings. The highest BCUT2D eigenvalue weighted by Crippen LogP contribution is 2.30. The molecule has 5 heteroatoms. The summed E-state index contributed by atoms with van der Waals surface area (Å²) >= 11 is 0. The molecule has 0 fully saturated rings. The van der Waals surface area contributed by atoms with E-state index in [1.807, 2.05) is 66.7 Å². The highest BCUT2D eigenvalue weighted by Gasteiger charge is 2.10. The Balaban J connectivity index is 1.58. The van der Waals surface area contributed by atoms with E-state index in [0.717, 1.165) is 22.2 Å². The molecule has 0 atom stereocenters. The monoisotopic (exact) mass is 372 g/mol. The van der Waals surface area contributed by atoms with E-state index in [4.69, 9.17) is 9.47 Å². The number of hydrogen-bond donors (Lipinski definition) is 1. The predicted molar refractivity (Wildman–Crippen MR) is 109 cm³/mol. The van der Waals surface area contributed by atoms with Crippen LogP contribution in [0.15, 0.2) is 77.6 Å². The molecule has 4 rings (SSSR count). The van der Waals surface area contributed by atoms with Crippen LogP contribution in [0.3, 0.4) is 0 Å². The van der Waals surface area contributed by atoms with Crippen molar-refractivity contribution >= 4 is 10.8 Å². The van der Waals surface area contributed by atoms with E-state index >= 15 is 0 Å². The van der Waals surface area contributed by atoms with Crippen molar-refractivity contribution in [2.45, 2.75) is 13.0 Å². The van der Waals surface area contributed by atoms with Crippen LogP contribution in [0.25, 0.3) is 10.8 Å². The molecule has 0 saturated carbocycles. The van der Waals surface area contributed by atoms with Crippen molar-refractivity contribution in [3.05, 3.63) is 100.0 Å². The lowest BCUT2D eigenvalue weighted by molar-refractivity contribution is 0.284. The topological polar surface area (TPSA) is 64.2 Å². The van der Waals surface area contributed by atoms with E-state index in [9.17, 15) is 4.79 Å². The fourth-order valence-corrected chi connectivity index (χ4v) is 3.18. The predicted octanol–water partition coefficient (Wildman–Crippen LogP) is 4.10. The standard InChI is InChI=1S/C23H20N2O3/c1-27-22-14-17(11-12-21(22)28-15-16-7-3-2-4-8-16)13-20-18-9-5-6-10-19(18)23(26)25-24-20/h2-12,14H,13,15H2,1H3,(H,25,26). The fourth-order valence-electron chi connectivity index (χ4n) is 3.18. The zero-order valence-corrected chi connectivity index (χ0v) is 15.5. The van der Waals surface area contributed by atoms with Crippen molar-refractivity contribution in [1.29, 1.82) is 0 Å². The van der Waals surface area contributed by atoms with Crippen LogP contribution in [-0.4, -0.2) is 17.3 Å². The molecule has 5 nitrogen and oxygen atoms in total. The molecule has 140 valence electrons. The number of aromatic amines is 1. The number of aromatic nitrogens is 2. The smallest absolute Gasteiger partial charge is 0.272 e. The van der Waals surface area contributed by atoms with Gasteiger partial charge in [-0.2, -0.15) is 5.10 Å². The Hall–Kier alpha value is -3.60. The number of fused-ring (bicyclic) bond motifs is 1. The Morgan fingerprint density at radius 3 is 2.39 bits per heavy atom. The normalized spacial score (nSPS) is 10.8. The van der Waals surface area contributed by atoms with Gasteiger partial charge in [-0.3, -0.25) is 4.79 Å². The van der Waals surface area contributed by atoms with E-state index < -0.39 is 0 Å². The average Bonchev–Trinajstić information content (AvgIpc) is 2.75.